The summed E-state index contributed by atoms with van der Waals surface area (Å²) >= 11 is 7.44. The van der Waals surface area contributed by atoms with Crippen LogP contribution in [0.3, 0.4) is 0 Å². The van der Waals surface area contributed by atoms with E-state index in [1.165, 1.54) is 11.7 Å². The maximum atomic E-state index is 6.26. The number of rotatable bonds is 3. The molecular formula is C14H10ClN3O2S. The number of halogens is 1. The van der Waals surface area contributed by atoms with Crippen LogP contribution in [0.4, 0.5) is 5.69 Å². The molecule has 0 radical (unpaired) electrons. The largest absolute Gasteiger partial charge is 0.454 e. The first-order chi connectivity index (χ1) is 10.3. The van der Waals surface area contributed by atoms with Gasteiger partial charge >= 0.3 is 0 Å². The molecule has 1 aliphatic rings. The van der Waals surface area contributed by atoms with E-state index < -0.39 is 0 Å². The lowest BCUT2D eigenvalue weighted by molar-refractivity contribution is 0.173. The second-order valence-electron chi connectivity index (χ2n) is 4.56. The van der Waals surface area contributed by atoms with Gasteiger partial charge in [-0.1, -0.05) is 23.7 Å². The first-order valence-corrected chi connectivity index (χ1v) is 7.46. The molecule has 0 bridgehead atoms. The van der Waals surface area contributed by atoms with E-state index in [1.807, 2.05) is 30.3 Å². The zero-order valence-corrected chi connectivity index (χ0v) is 12.4. The summed E-state index contributed by atoms with van der Waals surface area (Å²) in [6.07, 6.45) is 0. The van der Waals surface area contributed by atoms with Crippen LogP contribution in [0.25, 0.3) is 11.0 Å². The first kappa shape index (κ1) is 12.7. The average Bonchev–Trinajstić information content (AvgIpc) is 3.14. The highest BCUT2D eigenvalue weighted by Gasteiger charge is 2.17. The van der Waals surface area contributed by atoms with Crippen LogP contribution in [0.2, 0.25) is 5.02 Å². The maximum absolute atomic E-state index is 6.26. The van der Waals surface area contributed by atoms with Crippen LogP contribution in [-0.4, -0.2) is 15.5 Å². The van der Waals surface area contributed by atoms with Crippen LogP contribution in [-0.2, 0) is 6.54 Å². The third-order valence-corrected chi connectivity index (χ3v) is 4.17. The minimum atomic E-state index is 0.263. The van der Waals surface area contributed by atoms with Crippen molar-refractivity contribution < 1.29 is 9.47 Å². The molecule has 5 nitrogen and oxygen atoms in total. The summed E-state index contributed by atoms with van der Waals surface area (Å²) in [6, 6.07) is 9.51. The molecule has 4 rings (SSSR count). The fourth-order valence-electron chi connectivity index (χ4n) is 2.31. The first-order valence-electron chi connectivity index (χ1n) is 6.35. The van der Waals surface area contributed by atoms with Crippen LogP contribution in [0.1, 0.15) is 5.56 Å². The Morgan fingerprint density at radius 1 is 1.19 bits per heavy atom. The average molecular weight is 320 g/mol. The summed E-state index contributed by atoms with van der Waals surface area (Å²) < 4.78 is 19.4. The number of nitrogens with one attached hydrogen (secondary N) is 1. The molecule has 0 amide bonds. The van der Waals surface area contributed by atoms with Crippen molar-refractivity contribution in [2.45, 2.75) is 6.54 Å². The van der Waals surface area contributed by atoms with Gasteiger partial charge in [0.2, 0.25) is 6.79 Å². The van der Waals surface area contributed by atoms with Crippen molar-refractivity contribution in [2.24, 2.45) is 0 Å². The van der Waals surface area contributed by atoms with Gasteiger partial charge in [0.1, 0.15) is 11.0 Å². The minimum absolute atomic E-state index is 0.263. The third-order valence-electron chi connectivity index (χ3n) is 3.31. The Morgan fingerprint density at radius 2 is 2.14 bits per heavy atom. The Labute approximate surface area is 129 Å². The van der Waals surface area contributed by atoms with Gasteiger partial charge in [-0.2, -0.15) is 8.75 Å². The number of hydrogen-bond donors (Lipinski definition) is 1. The lowest BCUT2D eigenvalue weighted by Gasteiger charge is -2.10. The number of fused-ring (bicyclic) bond motifs is 2. The molecule has 0 unspecified atom stereocenters. The van der Waals surface area contributed by atoms with Gasteiger partial charge in [0.25, 0.3) is 0 Å². The Kier molecular flexibility index (Phi) is 3.05. The topological polar surface area (TPSA) is 56.3 Å². The molecule has 7 heteroatoms. The number of ether oxygens (including phenoxy) is 2. The monoisotopic (exact) mass is 319 g/mol. The predicted molar refractivity (Wildman–Crippen MR) is 82.3 cm³/mol. The van der Waals surface area contributed by atoms with Crippen molar-refractivity contribution >= 4 is 40.0 Å². The van der Waals surface area contributed by atoms with Crippen molar-refractivity contribution in [1.29, 1.82) is 0 Å². The van der Waals surface area contributed by atoms with E-state index in [4.69, 9.17) is 21.1 Å². The van der Waals surface area contributed by atoms with E-state index in [1.54, 1.807) is 0 Å². The molecule has 0 aliphatic carbocycles. The van der Waals surface area contributed by atoms with Crippen LogP contribution in [0.5, 0.6) is 11.5 Å². The summed E-state index contributed by atoms with van der Waals surface area (Å²) in [7, 11) is 0. The number of para-hydroxylation sites is 1. The third kappa shape index (κ3) is 2.16. The van der Waals surface area contributed by atoms with Gasteiger partial charge in [0.05, 0.1) is 22.4 Å². The molecule has 0 saturated heterocycles. The summed E-state index contributed by atoms with van der Waals surface area (Å²) in [6.45, 7) is 0.835. The Bertz CT molecular complexity index is 821. The zero-order chi connectivity index (χ0) is 14.2. The summed E-state index contributed by atoms with van der Waals surface area (Å²) in [4.78, 5) is 0. The van der Waals surface area contributed by atoms with Crippen molar-refractivity contribution in [3.8, 4) is 11.5 Å². The van der Waals surface area contributed by atoms with E-state index in [2.05, 4.69) is 14.1 Å². The molecule has 1 N–H and O–H groups in total. The molecule has 3 aromatic rings. The molecule has 0 fully saturated rings. The van der Waals surface area contributed by atoms with Gasteiger partial charge in [-0.15, -0.1) is 0 Å². The highest BCUT2D eigenvalue weighted by molar-refractivity contribution is 7.00. The van der Waals surface area contributed by atoms with Gasteiger partial charge in [0, 0.05) is 12.1 Å². The molecular weight excluding hydrogens is 310 g/mol. The van der Waals surface area contributed by atoms with E-state index >= 15 is 0 Å². The van der Waals surface area contributed by atoms with E-state index in [9.17, 15) is 0 Å². The molecule has 106 valence electrons. The molecule has 0 spiro atoms. The van der Waals surface area contributed by atoms with Crippen LogP contribution < -0.4 is 14.8 Å². The molecule has 21 heavy (non-hydrogen) atoms. The molecule has 2 heterocycles. The Balaban J connectivity index is 1.66. The molecule has 0 saturated carbocycles. The Hall–Kier alpha value is -2.05. The summed E-state index contributed by atoms with van der Waals surface area (Å²) in [5.74, 6) is 1.55. The number of hydrogen-bond acceptors (Lipinski definition) is 6. The highest BCUT2D eigenvalue weighted by atomic mass is 35.5. The smallest absolute Gasteiger partial charge is 0.231 e. The van der Waals surface area contributed by atoms with Crippen LogP contribution in [0.15, 0.2) is 30.3 Å². The molecule has 0 atom stereocenters. The lowest BCUT2D eigenvalue weighted by atomic mass is 10.1. The lowest BCUT2D eigenvalue weighted by Crippen LogP contribution is -2.02. The minimum Gasteiger partial charge on any atom is -0.454 e. The second kappa shape index (κ2) is 5.05. The van der Waals surface area contributed by atoms with E-state index in [-0.39, 0.29) is 6.79 Å². The number of nitrogens with zero attached hydrogens (tertiary/aromatic N) is 2. The van der Waals surface area contributed by atoms with Gasteiger partial charge in [0.15, 0.2) is 11.5 Å². The Morgan fingerprint density at radius 3 is 3.10 bits per heavy atom. The standard InChI is InChI=1S/C14H10ClN3O2S/c15-9-4-5-10-13(18-21-17-10)12(9)16-6-8-2-1-3-11-14(8)20-7-19-11/h1-5,16H,6-7H2. The van der Waals surface area contributed by atoms with Crippen LogP contribution in [0, 0.1) is 0 Å². The molecule has 1 aromatic heterocycles. The number of aromatic nitrogens is 2. The van der Waals surface area contributed by atoms with Crippen molar-refractivity contribution in [3.63, 3.8) is 0 Å². The van der Waals surface area contributed by atoms with E-state index in [0.717, 1.165) is 33.8 Å². The van der Waals surface area contributed by atoms with Crippen LogP contribution >= 0.6 is 23.3 Å². The summed E-state index contributed by atoms with van der Waals surface area (Å²) in [5, 5.41) is 3.95. The quantitative estimate of drug-likeness (QED) is 0.798. The predicted octanol–water partition coefficient (Wildman–Crippen LogP) is 3.69. The maximum Gasteiger partial charge on any atom is 0.231 e. The van der Waals surface area contributed by atoms with Gasteiger partial charge in [-0.25, -0.2) is 0 Å². The zero-order valence-electron chi connectivity index (χ0n) is 10.8. The SMILES string of the molecule is Clc1ccc2nsnc2c1NCc1cccc2c1OCO2. The van der Waals surface area contributed by atoms with Gasteiger partial charge in [-0.3, -0.25) is 0 Å². The normalized spacial score (nSPS) is 12.8. The van der Waals surface area contributed by atoms with Gasteiger partial charge in [-0.05, 0) is 18.2 Å². The molecule has 1 aliphatic heterocycles. The van der Waals surface area contributed by atoms with E-state index in [0.29, 0.717) is 11.6 Å². The summed E-state index contributed by atoms with van der Waals surface area (Å²) in [5.41, 5.74) is 3.43. The van der Waals surface area contributed by atoms with Crippen molar-refractivity contribution in [2.75, 3.05) is 12.1 Å². The van der Waals surface area contributed by atoms with Crippen molar-refractivity contribution in [1.82, 2.24) is 8.75 Å². The number of benzene rings is 2. The number of anilines is 1. The second-order valence-corrected chi connectivity index (χ2v) is 5.49. The fourth-order valence-corrected chi connectivity index (χ4v) is 3.07. The molecule has 2 aromatic carbocycles. The fraction of sp³-hybridized carbons (Fsp3) is 0.143. The van der Waals surface area contributed by atoms with Gasteiger partial charge < -0.3 is 14.8 Å². The highest BCUT2D eigenvalue weighted by Crippen LogP contribution is 2.36. The van der Waals surface area contributed by atoms with Crippen molar-refractivity contribution in [3.05, 3.63) is 40.9 Å².